The number of benzene rings is 10. The third-order valence-corrected chi connectivity index (χ3v) is 14.4. The highest BCUT2D eigenvalue weighted by Gasteiger charge is 2.38. The van der Waals surface area contributed by atoms with Crippen LogP contribution in [0, 0.1) is 0 Å². The molecule has 0 saturated heterocycles. The SMILES string of the molecule is CC1(C)c2ccccc2-c2ccc(-c3c4ccccc4c(-c4ccc5oc6ccc(-c7ccc8c(c7)-c7ccc9ccccc9c7C8(C)C)cc6c5c4)c4ccccc34)cc21. The molecule has 0 saturated carbocycles. The third-order valence-electron chi connectivity index (χ3n) is 14.4. The van der Waals surface area contributed by atoms with Gasteiger partial charge in [-0.1, -0.05) is 173 Å². The first-order valence-electron chi connectivity index (χ1n) is 21.6. The van der Waals surface area contributed by atoms with Crippen LogP contribution in [0.5, 0.6) is 0 Å². The highest BCUT2D eigenvalue weighted by atomic mass is 16.3. The van der Waals surface area contributed by atoms with Gasteiger partial charge in [0.2, 0.25) is 0 Å². The first-order chi connectivity index (χ1) is 29.8. The molecule has 10 aromatic carbocycles. The molecule has 2 aliphatic rings. The van der Waals surface area contributed by atoms with Crippen LogP contribution >= 0.6 is 0 Å². The van der Waals surface area contributed by atoms with Gasteiger partial charge >= 0.3 is 0 Å². The lowest BCUT2D eigenvalue weighted by molar-refractivity contribution is 0.660. The highest BCUT2D eigenvalue weighted by molar-refractivity contribution is 6.22. The minimum Gasteiger partial charge on any atom is -0.456 e. The molecule has 0 unspecified atom stereocenters. The molecule has 61 heavy (non-hydrogen) atoms. The molecule has 2 aliphatic carbocycles. The van der Waals surface area contributed by atoms with E-state index in [2.05, 4.69) is 210 Å². The maximum absolute atomic E-state index is 6.55. The van der Waals surface area contributed by atoms with E-state index in [0.29, 0.717) is 0 Å². The van der Waals surface area contributed by atoms with Gasteiger partial charge in [0.05, 0.1) is 0 Å². The van der Waals surface area contributed by atoms with Gasteiger partial charge in [0.15, 0.2) is 0 Å². The lowest BCUT2D eigenvalue weighted by Crippen LogP contribution is -2.15. The van der Waals surface area contributed by atoms with Crippen molar-refractivity contribution in [3.8, 4) is 55.6 Å². The zero-order valence-corrected chi connectivity index (χ0v) is 34.7. The van der Waals surface area contributed by atoms with E-state index in [9.17, 15) is 0 Å². The summed E-state index contributed by atoms with van der Waals surface area (Å²) >= 11 is 0. The molecule has 0 fully saturated rings. The van der Waals surface area contributed by atoms with E-state index in [-0.39, 0.29) is 10.8 Å². The Morgan fingerprint density at radius 2 is 0.803 bits per heavy atom. The van der Waals surface area contributed by atoms with Crippen molar-refractivity contribution in [2.75, 3.05) is 0 Å². The Labute approximate surface area is 355 Å². The van der Waals surface area contributed by atoms with Crippen molar-refractivity contribution < 1.29 is 4.42 Å². The van der Waals surface area contributed by atoms with E-state index in [1.165, 1.54) is 110 Å². The normalized spacial score (nSPS) is 14.5. The summed E-state index contributed by atoms with van der Waals surface area (Å²) < 4.78 is 6.55. The Bertz CT molecular complexity index is 3650. The summed E-state index contributed by atoms with van der Waals surface area (Å²) in [6.07, 6.45) is 0. The summed E-state index contributed by atoms with van der Waals surface area (Å²) in [5, 5.41) is 9.93. The molecule has 11 aromatic rings. The molecule has 1 heterocycles. The van der Waals surface area contributed by atoms with Crippen molar-refractivity contribution >= 4 is 54.3 Å². The van der Waals surface area contributed by atoms with Crippen LogP contribution in [-0.2, 0) is 10.8 Å². The Hall–Kier alpha value is -7.22. The average molecular weight is 779 g/mol. The largest absolute Gasteiger partial charge is 0.456 e. The van der Waals surface area contributed by atoms with Gasteiger partial charge in [-0.3, -0.25) is 0 Å². The summed E-state index contributed by atoms with van der Waals surface area (Å²) in [6, 6.07) is 68.0. The summed E-state index contributed by atoms with van der Waals surface area (Å²) in [7, 11) is 0. The molecule has 0 atom stereocenters. The van der Waals surface area contributed by atoms with Gasteiger partial charge in [-0.25, -0.2) is 0 Å². The van der Waals surface area contributed by atoms with Crippen molar-refractivity contribution in [2.45, 2.75) is 38.5 Å². The Morgan fingerprint density at radius 1 is 0.311 bits per heavy atom. The van der Waals surface area contributed by atoms with Gasteiger partial charge in [-0.05, 0) is 147 Å². The van der Waals surface area contributed by atoms with Crippen molar-refractivity contribution in [3.63, 3.8) is 0 Å². The minimum atomic E-state index is -0.0810. The van der Waals surface area contributed by atoms with Crippen molar-refractivity contribution in [2.24, 2.45) is 0 Å². The molecular weight excluding hydrogens is 737 g/mol. The molecule has 0 spiro atoms. The molecule has 288 valence electrons. The number of rotatable bonds is 3. The van der Waals surface area contributed by atoms with Crippen molar-refractivity contribution in [3.05, 3.63) is 204 Å². The number of hydrogen-bond acceptors (Lipinski definition) is 1. The first-order valence-corrected chi connectivity index (χ1v) is 21.6. The average Bonchev–Trinajstić information content (AvgIpc) is 3.86. The van der Waals surface area contributed by atoms with Gasteiger partial charge in [-0.2, -0.15) is 0 Å². The van der Waals surface area contributed by atoms with Gasteiger partial charge in [0.1, 0.15) is 11.2 Å². The minimum absolute atomic E-state index is 0.0751. The monoisotopic (exact) mass is 778 g/mol. The Morgan fingerprint density at radius 3 is 1.51 bits per heavy atom. The molecule has 0 N–H and O–H groups in total. The standard InChI is InChI=1S/C60H42O/c1-59(2)51-20-12-11-15-41(51)42-26-22-39(34-53(42)59)57-45-18-9-7-16-43(45)56(44-17-8-10-19-46(44)57)38-25-30-55-50(33-38)49-32-37(24-29-54(49)61-55)36-23-28-52-48(31-36)47-27-21-35-13-5-6-14-40(35)58(47)60(52,3)4/h5-34H,1-4H3. The van der Waals surface area contributed by atoms with Crippen molar-refractivity contribution in [1.29, 1.82) is 0 Å². The zero-order valence-electron chi connectivity index (χ0n) is 34.7. The van der Waals surface area contributed by atoms with E-state index in [1.54, 1.807) is 0 Å². The van der Waals surface area contributed by atoms with Crippen LogP contribution in [0.1, 0.15) is 49.9 Å². The highest BCUT2D eigenvalue weighted by Crippen LogP contribution is 2.54. The van der Waals surface area contributed by atoms with Crippen LogP contribution in [0.15, 0.2) is 186 Å². The summed E-state index contributed by atoms with van der Waals surface area (Å²) in [4.78, 5) is 0. The van der Waals surface area contributed by atoms with E-state index in [4.69, 9.17) is 4.42 Å². The van der Waals surface area contributed by atoms with Crippen molar-refractivity contribution in [1.82, 2.24) is 0 Å². The summed E-state index contributed by atoms with van der Waals surface area (Å²) in [5.41, 5.74) is 20.0. The molecule has 1 nitrogen and oxygen atoms in total. The Balaban J connectivity index is 0.967. The molecule has 1 heteroatoms. The first kappa shape index (κ1) is 34.6. The lowest BCUT2D eigenvalue weighted by Gasteiger charge is -2.23. The van der Waals surface area contributed by atoms with Crippen LogP contribution in [0.3, 0.4) is 0 Å². The smallest absolute Gasteiger partial charge is 0.135 e. The van der Waals surface area contributed by atoms with Crippen LogP contribution in [0.4, 0.5) is 0 Å². The van der Waals surface area contributed by atoms with Crippen LogP contribution in [0.25, 0.3) is 110 Å². The topological polar surface area (TPSA) is 13.1 Å². The molecule has 0 radical (unpaired) electrons. The predicted molar refractivity (Wildman–Crippen MR) is 258 cm³/mol. The fourth-order valence-corrected chi connectivity index (χ4v) is 11.5. The number of fused-ring (bicyclic) bond motifs is 13. The predicted octanol–water partition coefficient (Wildman–Crippen LogP) is 16.7. The number of hydrogen-bond donors (Lipinski definition) is 0. The Kier molecular flexibility index (Phi) is 6.91. The molecule has 1 aromatic heterocycles. The van der Waals surface area contributed by atoms with Gasteiger partial charge < -0.3 is 4.42 Å². The molecular formula is C60H42O. The third kappa shape index (κ3) is 4.72. The lowest BCUT2D eigenvalue weighted by atomic mass is 9.80. The van der Waals surface area contributed by atoms with E-state index < -0.39 is 0 Å². The maximum Gasteiger partial charge on any atom is 0.135 e. The van der Waals surface area contributed by atoms with Gasteiger partial charge in [-0.15, -0.1) is 0 Å². The molecule has 0 aliphatic heterocycles. The van der Waals surface area contributed by atoms with Crippen LogP contribution in [-0.4, -0.2) is 0 Å². The van der Waals surface area contributed by atoms with Crippen LogP contribution in [0.2, 0.25) is 0 Å². The van der Waals surface area contributed by atoms with Gasteiger partial charge in [0.25, 0.3) is 0 Å². The molecule has 13 rings (SSSR count). The summed E-state index contributed by atoms with van der Waals surface area (Å²) in [5.74, 6) is 0. The van der Waals surface area contributed by atoms with E-state index >= 15 is 0 Å². The molecule has 0 bridgehead atoms. The second-order valence-corrected chi connectivity index (χ2v) is 18.4. The van der Waals surface area contributed by atoms with E-state index in [1.807, 2.05) is 0 Å². The maximum atomic E-state index is 6.55. The fraction of sp³-hybridized carbons (Fsp3) is 0.100. The van der Waals surface area contributed by atoms with Gasteiger partial charge in [0, 0.05) is 21.6 Å². The summed E-state index contributed by atoms with van der Waals surface area (Å²) in [6.45, 7) is 9.48. The van der Waals surface area contributed by atoms with E-state index in [0.717, 1.165) is 21.9 Å². The quantitative estimate of drug-likeness (QED) is 0.163. The second-order valence-electron chi connectivity index (χ2n) is 18.4. The number of furan rings is 1. The van der Waals surface area contributed by atoms with Crippen LogP contribution < -0.4 is 0 Å². The second kappa shape index (κ2) is 12.2. The molecule has 0 amide bonds. The fourth-order valence-electron chi connectivity index (χ4n) is 11.5. The zero-order chi connectivity index (χ0) is 40.8.